The summed E-state index contributed by atoms with van der Waals surface area (Å²) >= 11 is 1.67. The molecule has 0 atom stereocenters. The van der Waals surface area contributed by atoms with Crippen molar-refractivity contribution in [2.45, 2.75) is 34.2 Å². The average molecular weight is 188 g/mol. The van der Waals surface area contributed by atoms with Crippen LogP contribution in [0.4, 0.5) is 0 Å². The molecule has 0 aliphatic heterocycles. The normalized spacial score (nSPS) is 7.42. The van der Waals surface area contributed by atoms with E-state index in [9.17, 15) is 0 Å². The van der Waals surface area contributed by atoms with Gasteiger partial charge in [0, 0.05) is 18.1 Å². The van der Waals surface area contributed by atoms with Gasteiger partial charge in [-0.05, 0) is 7.05 Å². The predicted octanol–water partition coefficient (Wildman–Crippen LogP) is 2.91. The smallest absolute Gasteiger partial charge is 0.106 e. The van der Waals surface area contributed by atoms with Crippen LogP contribution in [0.2, 0.25) is 0 Å². The Bertz CT molecular complexity index is 138. The van der Waals surface area contributed by atoms with Crippen LogP contribution in [0.25, 0.3) is 0 Å². The Labute approximate surface area is 80.0 Å². The lowest BCUT2D eigenvalue weighted by Crippen LogP contribution is -2.03. The van der Waals surface area contributed by atoms with Gasteiger partial charge in [0.25, 0.3) is 0 Å². The molecule has 1 aromatic heterocycles. The first kappa shape index (κ1) is 14.1. The summed E-state index contributed by atoms with van der Waals surface area (Å²) in [6.07, 6.45) is 1.82. The summed E-state index contributed by atoms with van der Waals surface area (Å²) in [6, 6.07) is 0. The molecule has 0 spiro atoms. The molecule has 72 valence electrons. The van der Waals surface area contributed by atoms with Crippen LogP contribution in [0.5, 0.6) is 0 Å². The zero-order valence-electron chi connectivity index (χ0n) is 8.72. The highest BCUT2D eigenvalue weighted by atomic mass is 32.1. The summed E-state index contributed by atoms with van der Waals surface area (Å²) in [5, 5.41) is 6.14. The highest BCUT2D eigenvalue weighted by Crippen LogP contribution is 2.01. The van der Waals surface area contributed by atoms with E-state index in [0.29, 0.717) is 0 Å². The van der Waals surface area contributed by atoms with Crippen LogP contribution in [0.1, 0.15) is 32.7 Å². The van der Waals surface area contributed by atoms with Crippen LogP contribution in [0, 0.1) is 0 Å². The second kappa shape index (κ2) is 13.2. The van der Waals surface area contributed by atoms with Gasteiger partial charge in [0.05, 0.1) is 0 Å². The van der Waals surface area contributed by atoms with Gasteiger partial charge in [-0.2, -0.15) is 0 Å². The SMILES string of the molecule is CC.CC.CNCc1nccs1. The third-order valence-corrected chi connectivity index (χ3v) is 1.59. The molecular weight excluding hydrogens is 168 g/mol. The number of rotatable bonds is 2. The van der Waals surface area contributed by atoms with E-state index in [0.717, 1.165) is 11.6 Å². The van der Waals surface area contributed by atoms with Gasteiger partial charge in [-0.1, -0.05) is 27.7 Å². The van der Waals surface area contributed by atoms with E-state index in [1.807, 2.05) is 46.3 Å². The molecule has 0 unspecified atom stereocenters. The molecule has 1 rings (SSSR count). The maximum absolute atomic E-state index is 4.06. The summed E-state index contributed by atoms with van der Waals surface area (Å²) < 4.78 is 0. The molecule has 3 heteroatoms. The number of nitrogens with one attached hydrogen (secondary N) is 1. The molecule has 0 bridgehead atoms. The van der Waals surface area contributed by atoms with Crippen LogP contribution in [0.3, 0.4) is 0 Å². The van der Waals surface area contributed by atoms with E-state index < -0.39 is 0 Å². The van der Waals surface area contributed by atoms with Crippen LogP contribution in [0.15, 0.2) is 11.6 Å². The standard InChI is InChI=1S/C5H8N2S.2C2H6/c1-6-4-5-7-2-3-8-5;2*1-2/h2-3,6H,4H2,1H3;2*1-2H3. The first-order valence-corrected chi connectivity index (χ1v) is 5.34. The topological polar surface area (TPSA) is 24.9 Å². The van der Waals surface area contributed by atoms with Crippen LogP contribution < -0.4 is 5.32 Å². The predicted molar refractivity (Wildman–Crippen MR) is 57.6 cm³/mol. The first-order valence-electron chi connectivity index (χ1n) is 4.46. The van der Waals surface area contributed by atoms with Crippen molar-refractivity contribution in [1.82, 2.24) is 10.3 Å². The number of aromatic nitrogens is 1. The Morgan fingerprint density at radius 2 is 1.92 bits per heavy atom. The van der Waals surface area contributed by atoms with E-state index in [1.165, 1.54) is 0 Å². The van der Waals surface area contributed by atoms with E-state index in [4.69, 9.17) is 0 Å². The van der Waals surface area contributed by atoms with Crippen molar-refractivity contribution in [3.63, 3.8) is 0 Å². The maximum atomic E-state index is 4.06. The number of hydrogen-bond acceptors (Lipinski definition) is 3. The minimum atomic E-state index is 0.887. The molecule has 0 fully saturated rings. The fourth-order valence-corrected chi connectivity index (χ4v) is 1.12. The lowest BCUT2D eigenvalue weighted by molar-refractivity contribution is 0.810. The van der Waals surface area contributed by atoms with Gasteiger partial charge in [0.15, 0.2) is 0 Å². The minimum Gasteiger partial charge on any atom is -0.314 e. The van der Waals surface area contributed by atoms with Crippen LogP contribution >= 0.6 is 11.3 Å². The second-order valence-electron chi connectivity index (χ2n) is 1.46. The van der Waals surface area contributed by atoms with Gasteiger partial charge in [-0.3, -0.25) is 0 Å². The molecule has 1 N–H and O–H groups in total. The third kappa shape index (κ3) is 7.69. The Balaban J connectivity index is 0. The van der Waals surface area contributed by atoms with Crippen molar-refractivity contribution < 1.29 is 0 Å². The van der Waals surface area contributed by atoms with Crippen molar-refractivity contribution in [1.29, 1.82) is 0 Å². The van der Waals surface area contributed by atoms with Gasteiger partial charge in [-0.15, -0.1) is 11.3 Å². The second-order valence-corrected chi connectivity index (χ2v) is 2.44. The fraction of sp³-hybridized carbons (Fsp3) is 0.667. The molecule has 0 aromatic carbocycles. The largest absolute Gasteiger partial charge is 0.314 e. The third-order valence-electron chi connectivity index (χ3n) is 0.811. The van der Waals surface area contributed by atoms with Crippen molar-refractivity contribution in [2.75, 3.05) is 7.05 Å². The Hall–Kier alpha value is -0.410. The molecule has 0 aliphatic rings. The molecule has 0 saturated carbocycles. The fourth-order valence-electron chi connectivity index (χ4n) is 0.491. The number of hydrogen-bond donors (Lipinski definition) is 1. The van der Waals surface area contributed by atoms with Crippen molar-refractivity contribution in [2.24, 2.45) is 0 Å². The lowest BCUT2D eigenvalue weighted by Gasteiger charge is -1.87. The molecule has 2 nitrogen and oxygen atoms in total. The monoisotopic (exact) mass is 188 g/mol. The Kier molecular flexibility index (Phi) is 15.5. The quantitative estimate of drug-likeness (QED) is 0.772. The van der Waals surface area contributed by atoms with Gasteiger partial charge in [-0.25, -0.2) is 4.98 Å². The Morgan fingerprint density at radius 3 is 2.25 bits per heavy atom. The summed E-state index contributed by atoms with van der Waals surface area (Å²) in [5.74, 6) is 0. The van der Waals surface area contributed by atoms with E-state index >= 15 is 0 Å². The van der Waals surface area contributed by atoms with Crippen molar-refractivity contribution >= 4 is 11.3 Å². The van der Waals surface area contributed by atoms with Gasteiger partial charge in [0.2, 0.25) is 0 Å². The molecule has 0 saturated heterocycles. The molecule has 0 radical (unpaired) electrons. The van der Waals surface area contributed by atoms with E-state index in [-0.39, 0.29) is 0 Å². The number of nitrogens with zero attached hydrogens (tertiary/aromatic N) is 1. The zero-order chi connectivity index (χ0) is 9.82. The lowest BCUT2D eigenvalue weighted by atomic mass is 10.7. The maximum Gasteiger partial charge on any atom is 0.106 e. The zero-order valence-corrected chi connectivity index (χ0v) is 9.53. The van der Waals surface area contributed by atoms with Crippen molar-refractivity contribution in [3.8, 4) is 0 Å². The van der Waals surface area contributed by atoms with E-state index in [1.54, 1.807) is 11.3 Å². The summed E-state index contributed by atoms with van der Waals surface area (Å²) in [6.45, 7) is 8.89. The van der Waals surface area contributed by atoms with Crippen molar-refractivity contribution in [3.05, 3.63) is 16.6 Å². The highest BCUT2D eigenvalue weighted by molar-refractivity contribution is 7.09. The van der Waals surface area contributed by atoms with Crippen LogP contribution in [-0.4, -0.2) is 12.0 Å². The van der Waals surface area contributed by atoms with Gasteiger partial charge in [0.1, 0.15) is 5.01 Å². The molecule has 0 amide bonds. The first-order chi connectivity index (χ1) is 5.93. The molecular formula is C9H20N2S. The summed E-state index contributed by atoms with van der Waals surface area (Å²) in [5.41, 5.74) is 0. The molecule has 12 heavy (non-hydrogen) atoms. The van der Waals surface area contributed by atoms with E-state index in [2.05, 4.69) is 10.3 Å². The molecule has 0 aliphatic carbocycles. The highest BCUT2D eigenvalue weighted by Gasteiger charge is 1.88. The molecule has 1 aromatic rings. The average Bonchev–Trinajstić information content (AvgIpc) is 2.65. The summed E-state index contributed by atoms with van der Waals surface area (Å²) in [7, 11) is 1.92. The number of thiazole rings is 1. The van der Waals surface area contributed by atoms with Gasteiger partial charge >= 0.3 is 0 Å². The summed E-state index contributed by atoms with van der Waals surface area (Å²) in [4.78, 5) is 4.06. The molecule has 1 heterocycles. The Morgan fingerprint density at radius 1 is 1.33 bits per heavy atom. The van der Waals surface area contributed by atoms with Crippen LogP contribution in [-0.2, 0) is 6.54 Å². The van der Waals surface area contributed by atoms with Gasteiger partial charge < -0.3 is 5.32 Å². The minimum absolute atomic E-state index is 0.887.